The fourth-order valence-electron chi connectivity index (χ4n) is 1.66. The third-order valence-electron chi connectivity index (χ3n) is 2.80. The molecular formula is C11H15NO3S. The molecule has 1 aromatic carbocycles. The number of hydrogen-bond donors (Lipinski definition) is 1. The molecule has 16 heavy (non-hydrogen) atoms. The fourth-order valence-corrected chi connectivity index (χ4v) is 3.17. The third kappa shape index (κ3) is 1.98. The highest BCUT2D eigenvalue weighted by Crippen LogP contribution is 2.21. The van der Waals surface area contributed by atoms with E-state index in [1.165, 1.54) is 4.31 Å². The van der Waals surface area contributed by atoms with Crippen LogP contribution in [0.4, 0.5) is 0 Å². The molecule has 0 spiro atoms. The summed E-state index contributed by atoms with van der Waals surface area (Å²) in [6, 6.07) is 6.89. The van der Waals surface area contributed by atoms with Crippen LogP contribution in [0, 0.1) is 0 Å². The molecule has 0 bridgehead atoms. The van der Waals surface area contributed by atoms with E-state index < -0.39 is 16.1 Å². The molecule has 1 N–H and O–H groups in total. The Hall–Kier alpha value is -0.910. The van der Waals surface area contributed by atoms with Crippen molar-refractivity contribution in [1.29, 1.82) is 0 Å². The van der Waals surface area contributed by atoms with Crippen LogP contribution < -0.4 is 0 Å². The molecule has 0 aromatic heterocycles. The van der Waals surface area contributed by atoms with Crippen molar-refractivity contribution in [2.24, 2.45) is 0 Å². The average Bonchev–Trinajstić information content (AvgIpc) is 2.25. The first kappa shape index (κ1) is 11.6. The molecule has 0 amide bonds. The summed E-state index contributed by atoms with van der Waals surface area (Å²) in [5, 5.41) is 9.10. The number of hydrogen-bond acceptors (Lipinski definition) is 3. The van der Waals surface area contributed by atoms with Gasteiger partial charge in [-0.1, -0.05) is 19.1 Å². The van der Waals surface area contributed by atoms with Crippen LogP contribution in [0.15, 0.2) is 29.2 Å². The van der Waals surface area contributed by atoms with Gasteiger partial charge in [-0.25, -0.2) is 8.42 Å². The Morgan fingerprint density at radius 1 is 1.31 bits per heavy atom. The lowest BCUT2D eigenvalue weighted by Crippen LogP contribution is -2.53. The standard InChI is InChI=1S/C11H15NO3S/c1-2-9-3-5-11(6-4-9)16(14,15)12-7-10(13)8-12/h3-6,10,13H,2,7-8H2,1H3. The number of aryl methyl sites for hydroxylation is 1. The first-order valence-corrected chi connectivity index (χ1v) is 6.75. The molecule has 1 fully saturated rings. The van der Waals surface area contributed by atoms with Crippen molar-refractivity contribution in [1.82, 2.24) is 4.31 Å². The SMILES string of the molecule is CCc1ccc(S(=O)(=O)N2CC(O)C2)cc1. The fraction of sp³-hybridized carbons (Fsp3) is 0.455. The predicted molar refractivity (Wildman–Crippen MR) is 60.6 cm³/mol. The molecular weight excluding hydrogens is 226 g/mol. The van der Waals surface area contributed by atoms with Gasteiger partial charge in [0.15, 0.2) is 0 Å². The molecule has 0 aliphatic carbocycles. The van der Waals surface area contributed by atoms with Gasteiger partial charge in [-0.3, -0.25) is 0 Å². The Kier molecular flexibility index (Phi) is 3.01. The molecule has 1 aliphatic heterocycles. The van der Waals surface area contributed by atoms with E-state index in [9.17, 15) is 8.42 Å². The first-order chi connectivity index (χ1) is 7.54. The van der Waals surface area contributed by atoms with Gasteiger partial charge in [0, 0.05) is 13.1 Å². The smallest absolute Gasteiger partial charge is 0.243 e. The van der Waals surface area contributed by atoms with Crippen LogP contribution in [0.5, 0.6) is 0 Å². The highest BCUT2D eigenvalue weighted by molar-refractivity contribution is 7.89. The second-order valence-electron chi connectivity index (χ2n) is 3.97. The van der Waals surface area contributed by atoms with E-state index >= 15 is 0 Å². The number of nitrogens with zero attached hydrogens (tertiary/aromatic N) is 1. The number of aliphatic hydroxyl groups is 1. The molecule has 1 aromatic rings. The summed E-state index contributed by atoms with van der Waals surface area (Å²) in [6.07, 6.45) is 0.382. The van der Waals surface area contributed by atoms with E-state index in [2.05, 4.69) is 0 Å². The van der Waals surface area contributed by atoms with Gasteiger partial charge in [-0.05, 0) is 24.1 Å². The maximum absolute atomic E-state index is 12.0. The van der Waals surface area contributed by atoms with E-state index in [1.54, 1.807) is 12.1 Å². The van der Waals surface area contributed by atoms with Crippen LogP contribution in [0.2, 0.25) is 0 Å². The number of rotatable bonds is 3. The first-order valence-electron chi connectivity index (χ1n) is 5.31. The van der Waals surface area contributed by atoms with Crippen molar-refractivity contribution in [2.45, 2.75) is 24.3 Å². The van der Waals surface area contributed by atoms with Gasteiger partial charge < -0.3 is 5.11 Å². The summed E-state index contributed by atoms with van der Waals surface area (Å²) in [5.74, 6) is 0. The van der Waals surface area contributed by atoms with Crippen LogP contribution in [0.25, 0.3) is 0 Å². The monoisotopic (exact) mass is 241 g/mol. The summed E-state index contributed by atoms with van der Waals surface area (Å²) in [7, 11) is -3.39. The third-order valence-corrected chi connectivity index (χ3v) is 4.64. The molecule has 5 heteroatoms. The van der Waals surface area contributed by atoms with E-state index in [-0.39, 0.29) is 13.1 Å². The van der Waals surface area contributed by atoms with Gasteiger partial charge >= 0.3 is 0 Å². The van der Waals surface area contributed by atoms with Crippen molar-refractivity contribution in [3.63, 3.8) is 0 Å². The van der Waals surface area contributed by atoms with Gasteiger partial charge in [0.1, 0.15) is 0 Å². The highest BCUT2D eigenvalue weighted by Gasteiger charge is 2.35. The molecule has 1 heterocycles. The van der Waals surface area contributed by atoms with Gasteiger partial charge in [0.05, 0.1) is 11.0 Å². The maximum atomic E-state index is 12.0. The van der Waals surface area contributed by atoms with Crippen molar-refractivity contribution in [2.75, 3.05) is 13.1 Å². The summed E-state index contributed by atoms with van der Waals surface area (Å²) < 4.78 is 25.2. The molecule has 0 saturated carbocycles. The van der Waals surface area contributed by atoms with Crippen molar-refractivity contribution in [3.05, 3.63) is 29.8 Å². The highest BCUT2D eigenvalue weighted by atomic mass is 32.2. The van der Waals surface area contributed by atoms with Gasteiger partial charge in [-0.2, -0.15) is 4.31 Å². The number of β-amino-alcohol motifs (C(OH)–C–C–N with tert-alkyl or cyclic N) is 1. The summed E-state index contributed by atoms with van der Waals surface area (Å²) in [5.41, 5.74) is 1.11. The van der Waals surface area contributed by atoms with E-state index in [4.69, 9.17) is 5.11 Å². The van der Waals surface area contributed by atoms with Gasteiger partial charge in [0.25, 0.3) is 0 Å². The molecule has 4 nitrogen and oxygen atoms in total. The summed E-state index contributed by atoms with van der Waals surface area (Å²) in [6.45, 7) is 2.44. The second-order valence-corrected chi connectivity index (χ2v) is 5.91. The Morgan fingerprint density at radius 3 is 2.31 bits per heavy atom. The van der Waals surface area contributed by atoms with E-state index in [1.807, 2.05) is 19.1 Å². The number of benzene rings is 1. The minimum absolute atomic E-state index is 0.206. The van der Waals surface area contributed by atoms with Crippen molar-refractivity contribution in [3.8, 4) is 0 Å². The quantitative estimate of drug-likeness (QED) is 0.843. The minimum Gasteiger partial charge on any atom is -0.390 e. The number of sulfonamides is 1. The lowest BCUT2D eigenvalue weighted by atomic mass is 10.2. The lowest BCUT2D eigenvalue weighted by molar-refractivity contribution is 0.0548. The molecule has 1 saturated heterocycles. The molecule has 88 valence electrons. The lowest BCUT2D eigenvalue weighted by Gasteiger charge is -2.34. The maximum Gasteiger partial charge on any atom is 0.243 e. The topological polar surface area (TPSA) is 57.6 Å². The Bertz CT molecular complexity index is 461. The zero-order valence-electron chi connectivity index (χ0n) is 9.13. The molecule has 0 radical (unpaired) electrons. The Labute approximate surface area is 95.6 Å². The summed E-state index contributed by atoms with van der Waals surface area (Å²) in [4.78, 5) is 0.302. The summed E-state index contributed by atoms with van der Waals surface area (Å²) >= 11 is 0. The number of aliphatic hydroxyl groups excluding tert-OH is 1. The second kappa shape index (κ2) is 4.16. The molecule has 1 aliphatic rings. The average molecular weight is 241 g/mol. The van der Waals surface area contributed by atoms with Gasteiger partial charge in [-0.15, -0.1) is 0 Å². The van der Waals surface area contributed by atoms with Crippen LogP contribution >= 0.6 is 0 Å². The zero-order valence-corrected chi connectivity index (χ0v) is 9.94. The molecule has 0 unspecified atom stereocenters. The Morgan fingerprint density at radius 2 is 1.88 bits per heavy atom. The Balaban J connectivity index is 2.22. The van der Waals surface area contributed by atoms with Crippen LogP contribution in [0.3, 0.4) is 0 Å². The minimum atomic E-state index is -3.39. The van der Waals surface area contributed by atoms with E-state index in [0.29, 0.717) is 4.90 Å². The zero-order chi connectivity index (χ0) is 11.8. The van der Waals surface area contributed by atoms with Crippen molar-refractivity contribution >= 4 is 10.0 Å². The largest absolute Gasteiger partial charge is 0.390 e. The van der Waals surface area contributed by atoms with Crippen LogP contribution in [-0.4, -0.2) is 37.0 Å². The van der Waals surface area contributed by atoms with Gasteiger partial charge in [0.2, 0.25) is 10.0 Å². The molecule has 2 rings (SSSR count). The molecule has 0 atom stereocenters. The normalized spacial score (nSPS) is 18.4. The predicted octanol–water partition coefficient (Wildman–Crippen LogP) is 0.614. The van der Waals surface area contributed by atoms with E-state index in [0.717, 1.165) is 12.0 Å². The van der Waals surface area contributed by atoms with Crippen LogP contribution in [0.1, 0.15) is 12.5 Å². The van der Waals surface area contributed by atoms with Crippen molar-refractivity contribution < 1.29 is 13.5 Å². The van der Waals surface area contributed by atoms with Crippen LogP contribution in [-0.2, 0) is 16.4 Å².